The largest absolute Gasteiger partial charge is 0.487 e. The van der Waals surface area contributed by atoms with Gasteiger partial charge in [-0.05, 0) is 44.0 Å². The molecule has 2 aliphatic rings. The lowest BCUT2D eigenvalue weighted by Crippen LogP contribution is -2.58. The quantitative estimate of drug-likeness (QED) is 0.551. The van der Waals surface area contributed by atoms with Crippen LogP contribution < -0.4 is 10.1 Å². The fourth-order valence-corrected chi connectivity index (χ4v) is 5.73. The molecule has 0 aromatic heterocycles. The van der Waals surface area contributed by atoms with Gasteiger partial charge in [-0.15, -0.1) is 0 Å². The molecule has 6 atom stereocenters. The highest BCUT2D eigenvalue weighted by Crippen LogP contribution is 2.36. The highest BCUT2D eigenvalue weighted by Gasteiger charge is 2.55. The Morgan fingerprint density at radius 1 is 1.24 bits per heavy atom. The Kier molecular flexibility index (Phi) is 8.20. The Balaban J connectivity index is 1.89. The normalized spacial score (nSPS) is 25.5. The molecule has 2 amide bonds. The van der Waals surface area contributed by atoms with E-state index in [-0.39, 0.29) is 24.3 Å². The maximum atomic E-state index is 13.7. The van der Waals surface area contributed by atoms with Crippen molar-refractivity contribution in [2.45, 2.75) is 63.9 Å². The Bertz CT molecular complexity index is 989. The molecule has 2 heterocycles. The molecule has 0 unspecified atom stereocenters. The van der Waals surface area contributed by atoms with Crippen LogP contribution in [-0.4, -0.2) is 86.2 Å². The molecule has 2 aliphatic heterocycles. The summed E-state index contributed by atoms with van der Waals surface area (Å²) >= 11 is 0. The molecule has 1 N–H and O–H groups in total. The van der Waals surface area contributed by atoms with Gasteiger partial charge in [-0.1, -0.05) is 13.8 Å². The number of nitrogens with one attached hydrogen (secondary N) is 1. The van der Waals surface area contributed by atoms with Crippen LogP contribution in [0.3, 0.4) is 0 Å². The molecule has 3 rings (SSSR count). The second kappa shape index (κ2) is 10.6. The lowest BCUT2D eigenvalue weighted by molar-refractivity contribution is -0.142. The van der Waals surface area contributed by atoms with Gasteiger partial charge in [0.2, 0.25) is 21.8 Å². The zero-order valence-electron chi connectivity index (χ0n) is 20.2. The SMILES string of the molecule is CC[C@@H](C)C(=O)N[C@H](C(=O)N1CC[C@@H]2[C@H]1[C@@H](Oc1ccc(F)cc1)CN2S(C)(=O)=O)[C@@H](C)OC. The number of carbonyl (C=O) groups excluding carboxylic acids is 2. The minimum Gasteiger partial charge on any atom is -0.487 e. The van der Waals surface area contributed by atoms with E-state index in [9.17, 15) is 22.4 Å². The monoisotopic (exact) mass is 499 g/mol. The first-order valence-corrected chi connectivity index (χ1v) is 13.3. The molecular weight excluding hydrogens is 465 g/mol. The Hall–Kier alpha value is -2.24. The number of methoxy groups -OCH3 is 1. The second-order valence-electron chi connectivity index (χ2n) is 9.06. The molecule has 11 heteroatoms. The number of hydrogen-bond donors (Lipinski definition) is 1. The smallest absolute Gasteiger partial charge is 0.248 e. The molecule has 1 aromatic rings. The molecule has 190 valence electrons. The van der Waals surface area contributed by atoms with Crippen LogP contribution in [-0.2, 0) is 24.3 Å². The van der Waals surface area contributed by atoms with Crippen molar-refractivity contribution in [3.05, 3.63) is 30.1 Å². The van der Waals surface area contributed by atoms with Gasteiger partial charge < -0.3 is 19.7 Å². The first kappa shape index (κ1) is 26.4. The van der Waals surface area contributed by atoms with E-state index in [0.29, 0.717) is 25.1 Å². The summed E-state index contributed by atoms with van der Waals surface area (Å²) < 4.78 is 51.1. The van der Waals surface area contributed by atoms with Crippen molar-refractivity contribution in [3.63, 3.8) is 0 Å². The van der Waals surface area contributed by atoms with Gasteiger partial charge in [0.25, 0.3) is 0 Å². The van der Waals surface area contributed by atoms with Gasteiger partial charge in [0.1, 0.15) is 23.7 Å². The van der Waals surface area contributed by atoms with Crippen LogP contribution in [0, 0.1) is 11.7 Å². The number of amides is 2. The maximum Gasteiger partial charge on any atom is 0.248 e. The molecule has 2 saturated heterocycles. The minimum absolute atomic E-state index is 0.0685. The number of hydrogen-bond acceptors (Lipinski definition) is 6. The van der Waals surface area contributed by atoms with Crippen molar-refractivity contribution < 1.29 is 31.9 Å². The third-order valence-corrected chi connectivity index (χ3v) is 8.08. The van der Waals surface area contributed by atoms with Crippen molar-refractivity contribution in [3.8, 4) is 5.75 Å². The molecular formula is C23H34FN3O6S. The number of fused-ring (bicyclic) bond motifs is 1. The van der Waals surface area contributed by atoms with E-state index >= 15 is 0 Å². The number of halogens is 1. The average Bonchev–Trinajstić information content (AvgIpc) is 3.38. The topological polar surface area (TPSA) is 105 Å². The van der Waals surface area contributed by atoms with Gasteiger partial charge in [0.05, 0.1) is 31.0 Å². The maximum absolute atomic E-state index is 13.7. The van der Waals surface area contributed by atoms with E-state index in [1.807, 2.05) is 6.92 Å². The fourth-order valence-electron chi connectivity index (χ4n) is 4.59. The lowest BCUT2D eigenvalue weighted by Gasteiger charge is -2.34. The fraction of sp³-hybridized carbons (Fsp3) is 0.652. The number of sulfonamides is 1. The van der Waals surface area contributed by atoms with Gasteiger partial charge in [0, 0.05) is 19.6 Å². The molecule has 0 aliphatic carbocycles. The van der Waals surface area contributed by atoms with Crippen molar-refractivity contribution >= 4 is 21.8 Å². The predicted molar refractivity (Wildman–Crippen MR) is 124 cm³/mol. The van der Waals surface area contributed by atoms with Gasteiger partial charge in [-0.3, -0.25) is 9.59 Å². The van der Waals surface area contributed by atoms with Crippen molar-refractivity contribution in [1.29, 1.82) is 0 Å². The van der Waals surface area contributed by atoms with Crippen molar-refractivity contribution in [2.24, 2.45) is 5.92 Å². The van der Waals surface area contributed by atoms with Gasteiger partial charge in [-0.2, -0.15) is 4.31 Å². The van der Waals surface area contributed by atoms with Crippen LogP contribution in [0.2, 0.25) is 0 Å². The molecule has 0 radical (unpaired) electrons. The number of ether oxygens (including phenoxy) is 2. The van der Waals surface area contributed by atoms with E-state index < -0.39 is 46.2 Å². The molecule has 9 nitrogen and oxygen atoms in total. The van der Waals surface area contributed by atoms with E-state index in [1.165, 1.54) is 35.7 Å². The average molecular weight is 500 g/mol. The summed E-state index contributed by atoms with van der Waals surface area (Å²) in [6, 6.07) is 3.52. The first-order valence-electron chi connectivity index (χ1n) is 11.5. The van der Waals surface area contributed by atoms with Crippen LogP contribution in [0.5, 0.6) is 5.75 Å². The van der Waals surface area contributed by atoms with Gasteiger partial charge in [0.15, 0.2) is 0 Å². The van der Waals surface area contributed by atoms with Crippen molar-refractivity contribution in [1.82, 2.24) is 14.5 Å². The summed E-state index contributed by atoms with van der Waals surface area (Å²) in [5, 5.41) is 2.82. The minimum atomic E-state index is -3.55. The van der Waals surface area contributed by atoms with E-state index in [0.717, 1.165) is 6.26 Å². The third kappa shape index (κ3) is 5.52. The summed E-state index contributed by atoms with van der Waals surface area (Å²) in [7, 11) is -2.08. The van der Waals surface area contributed by atoms with Crippen LogP contribution >= 0.6 is 0 Å². The molecule has 0 bridgehead atoms. The second-order valence-corrected chi connectivity index (χ2v) is 11.0. The molecule has 34 heavy (non-hydrogen) atoms. The van der Waals surface area contributed by atoms with E-state index in [1.54, 1.807) is 18.7 Å². The Morgan fingerprint density at radius 3 is 2.44 bits per heavy atom. The highest BCUT2D eigenvalue weighted by molar-refractivity contribution is 7.88. The van der Waals surface area contributed by atoms with Gasteiger partial charge >= 0.3 is 0 Å². The molecule has 0 saturated carbocycles. The van der Waals surface area contributed by atoms with Crippen molar-refractivity contribution in [2.75, 3.05) is 26.5 Å². The Morgan fingerprint density at radius 2 is 1.88 bits per heavy atom. The third-order valence-electron chi connectivity index (χ3n) is 6.81. The number of likely N-dealkylation sites (tertiary alicyclic amines) is 1. The number of rotatable bonds is 9. The molecule has 1 aromatic carbocycles. The van der Waals surface area contributed by atoms with E-state index in [4.69, 9.17) is 9.47 Å². The zero-order chi connectivity index (χ0) is 25.2. The lowest BCUT2D eigenvalue weighted by atomic mass is 10.0. The summed E-state index contributed by atoms with van der Waals surface area (Å²) in [5.74, 6) is -0.898. The highest BCUT2D eigenvalue weighted by atomic mass is 32.2. The molecule has 2 fully saturated rings. The first-order chi connectivity index (χ1) is 16.0. The van der Waals surface area contributed by atoms with Crippen LogP contribution in [0.4, 0.5) is 4.39 Å². The predicted octanol–water partition coefficient (Wildman–Crippen LogP) is 1.38. The summed E-state index contributed by atoms with van der Waals surface area (Å²) in [6.07, 6.45) is 0.958. The molecule has 0 spiro atoms. The summed E-state index contributed by atoms with van der Waals surface area (Å²) in [5.41, 5.74) is 0. The standard InChI is InChI=1S/C23H34FN3O6S/c1-6-14(2)22(28)25-20(15(3)32-4)23(29)26-12-11-18-21(26)19(13-27(18)34(5,30)31)33-17-9-7-16(24)8-10-17/h7-10,14-15,18-21H,6,11-13H2,1-5H3,(H,25,28)/t14-,15-,18-,19+,20+,21+/m1/s1. The van der Waals surface area contributed by atoms with Crippen LogP contribution in [0.1, 0.15) is 33.6 Å². The van der Waals surface area contributed by atoms with E-state index in [2.05, 4.69) is 5.32 Å². The number of carbonyl (C=O) groups is 2. The number of benzene rings is 1. The zero-order valence-corrected chi connectivity index (χ0v) is 21.0. The van der Waals surface area contributed by atoms with Crippen LogP contribution in [0.25, 0.3) is 0 Å². The summed E-state index contributed by atoms with van der Waals surface area (Å²) in [6.45, 7) is 5.76. The summed E-state index contributed by atoms with van der Waals surface area (Å²) in [4.78, 5) is 27.9. The number of nitrogens with zero attached hydrogens (tertiary/aromatic N) is 2. The van der Waals surface area contributed by atoms with Crippen LogP contribution in [0.15, 0.2) is 24.3 Å². The van der Waals surface area contributed by atoms with Gasteiger partial charge in [-0.25, -0.2) is 12.8 Å². The Labute approximate surface area is 200 Å².